The molecule has 0 bridgehead atoms. The number of aryl methyl sites for hydroxylation is 2. The number of carbonyl (C=O) groups excluding carboxylic acids is 2. The Morgan fingerprint density at radius 2 is 1.96 bits per heavy atom. The molecule has 0 spiro atoms. The first-order valence-electron chi connectivity index (χ1n) is 7.84. The largest absolute Gasteiger partial charge is 0.467 e. The number of carbonyl (C=O) groups is 2. The predicted molar refractivity (Wildman–Crippen MR) is 88.4 cm³/mol. The molecule has 2 rings (SSSR count). The zero-order valence-electron chi connectivity index (χ0n) is 14.2. The van der Waals surface area contributed by atoms with Crippen LogP contribution in [0.2, 0.25) is 0 Å². The molecule has 1 N–H and O–H groups in total. The second-order valence-electron chi connectivity index (χ2n) is 5.64. The molecule has 24 heavy (non-hydrogen) atoms. The van der Waals surface area contributed by atoms with Crippen LogP contribution < -0.4 is 5.32 Å². The van der Waals surface area contributed by atoms with E-state index < -0.39 is 12.0 Å². The molecule has 6 heteroatoms. The number of amides is 1. The van der Waals surface area contributed by atoms with Crippen LogP contribution in [0.4, 0.5) is 0 Å². The number of nitrogens with zero attached hydrogens (tertiary/aromatic N) is 1. The molecule has 0 unspecified atom stereocenters. The fourth-order valence-corrected chi connectivity index (χ4v) is 2.55. The second-order valence-corrected chi connectivity index (χ2v) is 5.64. The van der Waals surface area contributed by atoms with Crippen molar-refractivity contribution in [3.63, 3.8) is 0 Å². The summed E-state index contributed by atoms with van der Waals surface area (Å²) in [7, 11) is 1.32. The molecule has 1 amide bonds. The molecule has 0 saturated heterocycles. The minimum atomic E-state index is -0.699. The molecule has 1 aromatic carbocycles. The van der Waals surface area contributed by atoms with E-state index in [-0.39, 0.29) is 12.3 Å². The predicted octanol–water partition coefficient (Wildman–Crippen LogP) is 2.12. The normalized spacial score (nSPS) is 11.8. The minimum Gasteiger partial charge on any atom is -0.467 e. The standard InChI is InChI=1S/C18H22N2O4/c1-12-15(13(2)24-20-12)9-10-17(21)19-16(18(22)23-3)11-14-7-5-4-6-8-14/h4-8,16H,9-11H2,1-3H3,(H,19,21)/t16-/m0/s1. The molecule has 0 saturated carbocycles. The maximum Gasteiger partial charge on any atom is 0.328 e. The Morgan fingerprint density at radius 3 is 2.54 bits per heavy atom. The van der Waals surface area contributed by atoms with Crippen molar-refractivity contribution in [1.82, 2.24) is 10.5 Å². The van der Waals surface area contributed by atoms with Crippen molar-refractivity contribution >= 4 is 11.9 Å². The van der Waals surface area contributed by atoms with Crippen LogP contribution in [0.3, 0.4) is 0 Å². The Morgan fingerprint density at radius 1 is 1.25 bits per heavy atom. The highest BCUT2D eigenvalue weighted by atomic mass is 16.5. The average molecular weight is 330 g/mol. The van der Waals surface area contributed by atoms with Gasteiger partial charge < -0.3 is 14.6 Å². The van der Waals surface area contributed by atoms with Gasteiger partial charge in [-0.3, -0.25) is 4.79 Å². The first-order valence-corrected chi connectivity index (χ1v) is 7.84. The number of esters is 1. The lowest BCUT2D eigenvalue weighted by molar-refractivity contribution is -0.145. The molecule has 0 radical (unpaired) electrons. The highest BCUT2D eigenvalue weighted by molar-refractivity contribution is 5.84. The molecular formula is C18H22N2O4. The van der Waals surface area contributed by atoms with Gasteiger partial charge in [-0.05, 0) is 25.8 Å². The molecule has 128 valence electrons. The number of aromatic nitrogens is 1. The summed E-state index contributed by atoms with van der Waals surface area (Å²) in [6, 6.07) is 8.80. The summed E-state index contributed by atoms with van der Waals surface area (Å²) in [6.45, 7) is 3.66. The summed E-state index contributed by atoms with van der Waals surface area (Å²) in [4.78, 5) is 24.1. The Balaban J connectivity index is 1.96. The molecule has 1 aromatic heterocycles. The molecule has 1 heterocycles. The molecular weight excluding hydrogens is 308 g/mol. The van der Waals surface area contributed by atoms with Gasteiger partial charge in [0.1, 0.15) is 11.8 Å². The van der Waals surface area contributed by atoms with Gasteiger partial charge in [-0.1, -0.05) is 35.5 Å². The molecule has 0 fully saturated rings. The van der Waals surface area contributed by atoms with Crippen molar-refractivity contribution in [2.24, 2.45) is 0 Å². The van der Waals surface area contributed by atoms with Gasteiger partial charge in [0.05, 0.1) is 12.8 Å². The third-order valence-electron chi connectivity index (χ3n) is 3.89. The van der Waals surface area contributed by atoms with E-state index in [9.17, 15) is 9.59 Å². The fourth-order valence-electron chi connectivity index (χ4n) is 2.55. The van der Waals surface area contributed by atoms with E-state index >= 15 is 0 Å². The highest BCUT2D eigenvalue weighted by Crippen LogP contribution is 2.14. The zero-order valence-corrected chi connectivity index (χ0v) is 14.2. The topological polar surface area (TPSA) is 81.4 Å². The van der Waals surface area contributed by atoms with Crippen LogP contribution in [-0.2, 0) is 27.2 Å². The first kappa shape index (κ1) is 17.7. The average Bonchev–Trinajstić information content (AvgIpc) is 2.91. The number of nitrogens with one attached hydrogen (secondary N) is 1. The Bertz CT molecular complexity index is 675. The summed E-state index contributed by atoms with van der Waals surface area (Å²) in [5.41, 5.74) is 2.68. The van der Waals surface area contributed by atoms with Crippen molar-refractivity contribution < 1.29 is 18.8 Å². The molecule has 0 aliphatic heterocycles. The number of rotatable bonds is 7. The summed E-state index contributed by atoms with van der Waals surface area (Å²) in [5, 5.41) is 6.62. The zero-order chi connectivity index (χ0) is 17.5. The van der Waals surface area contributed by atoms with E-state index in [1.807, 2.05) is 44.2 Å². The van der Waals surface area contributed by atoms with Gasteiger partial charge >= 0.3 is 5.97 Å². The van der Waals surface area contributed by atoms with Crippen LogP contribution in [0.5, 0.6) is 0 Å². The van der Waals surface area contributed by atoms with Crippen molar-refractivity contribution in [3.05, 3.63) is 52.9 Å². The van der Waals surface area contributed by atoms with Crippen LogP contribution >= 0.6 is 0 Å². The van der Waals surface area contributed by atoms with Gasteiger partial charge in [-0.2, -0.15) is 0 Å². The molecule has 0 aliphatic rings. The Kier molecular flexibility index (Phi) is 6.12. The van der Waals surface area contributed by atoms with Gasteiger partial charge in [0.15, 0.2) is 0 Å². The minimum absolute atomic E-state index is 0.207. The van der Waals surface area contributed by atoms with E-state index in [2.05, 4.69) is 10.5 Å². The van der Waals surface area contributed by atoms with E-state index in [1.165, 1.54) is 7.11 Å². The van der Waals surface area contributed by atoms with Crippen LogP contribution in [-0.4, -0.2) is 30.2 Å². The fraction of sp³-hybridized carbons (Fsp3) is 0.389. The van der Waals surface area contributed by atoms with E-state index in [4.69, 9.17) is 9.26 Å². The summed E-state index contributed by atoms with van der Waals surface area (Å²) < 4.78 is 9.88. The molecule has 1 atom stereocenters. The maximum atomic E-state index is 12.2. The lowest BCUT2D eigenvalue weighted by atomic mass is 10.0. The lowest BCUT2D eigenvalue weighted by Gasteiger charge is -2.16. The second kappa shape index (κ2) is 8.29. The van der Waals surface area contributed by atoms with Crippen LogP contribution in [0, 0.1) is 13.8 Å². The lowest BCUT2D eigenvalue weighted by Crippen LogP contribution is -2.43. The van der Waals surface area contributed by atoms with Crippen LogP contribution in [0.15, 0.2) is 34.9 Å². The van der Waals surface area contributed by atoms with Gasteiger partial charge in [0.2, 0.25) is 5.91 Å². The highest BCUT2D eigenvalue weighted by Gasteiger charge is 2.22. The van der Waals surface area contributed by atoms with Crippen molar-refractivity contribution in [3.8, 4) is 0 Å². The third-order valence-corrected chi connectivity index (χ3v) is 3.89. The van der Waals surface area contributed by atoms with E-state index in [1.54, 1.807) is 0 Å². The Hall–Kier alpha value is -2.63. The van der Waals surface area contributed by atoms with Gasteiger partial charge in [-0.25, -0.2) is 4.79 Å². The third kappa shape index (κ3) is 4.68. The van der Waals surface area contributed by atoms with Crippen LogP contribution in [0.1, 0.15) is 29.0 Å². The summed E-state index contributed by atoms with van der Waals surface area (Å²) in [6.07, 6.45) is 1.17. The summed E-state index contributed by atoms with van der Waals surface area (Å²) in [5.74, 6) is 0.0555. The SMILES string of the molecule is COC(=O)[C@H](Cc1ccccc1)NC(=O)CCc1c(C)noc1C. The molecule has 6 nitrogen and oxygen atoms in total. The number of ether oxygens (including phenoxy) is 1. The monoisotopic (exact) mass is 330 g/mol. The smallest absolute Gasteiger partial charge is 0.328 e. The molecule has 0 aliphatic carbocycles. The number of methoxy groups -OCH3 is 1. The van der Waals surface area contributed by atoms with Gasteiger partial charge in [-0.15, -0.1) is 0 Å². The molecule has 2 aromatic rings. The van der Waals surface area contributed by atoms with Crippen molar-refractivity contribution in [1.29, 1.82) is 0 Å². The number of hydrogen-bond donors (Lipinski definition) is 1. The Labute approximate surface area is 141 Å². The summed E-state index contributed by atoms with van der Waals surface area (Å²) >= 11 is 0. The first-order chi connectivity index (χ1) is 11.5. The van der Waals surface area contributed by atoms with Crippen molar-refractivity contribution in [2.45, 2.75) is 39.2 Å². The van der Waals surface area contributed by atoms with Crippen molar-refractivity contribution in [2.75, 3.05) is 7.11 Å². The van der Waals surface area contributed by atoms with E-state index in [0.717, 1.165) is 16.8 Å². The number of benzene rings is 1. The van der Waals surface area contributed by atoms with Gasteiger partial charge in [0, 0.05) is 18.4 Å². The van der Waals surface area contributed by atoms with E-state index in [0.29, 0.717) is 18.6 Å². The number of hydrogen-bond acceptors (Lipinski definition) is 5. The quantitative estimate of drug-likeness (QED) is 0.787. The maximum absolute atomic E-state index is 12.2. The van der Waals surface area contributed by atoms with Crippen LogP contribution in [0.25, 0.3) is 0 Å². The van der Waals surface area contributed by atoms with Gasteiger partial charge in [0.25, 0.3) is 0 Å².